The van der Waals surface area contributed by atoms with Crippen molar-refractivity contribution in [3.63, 3.8) is 0 Å². The fourth-order valence-corrected chi connectivity index (χ4v) is 4.96. The first kappa shape index (κ1) is 16.1. The lowest BCUT2D eigenvalue weighted by atomic mass is 9.99. The Labute approximate surface area is 166 Å². The minimum Gasteiger partial charge on any atom is -0.385 e. The first-order valence-corrected chi connectivity index (χ1v) is 10.4. The minimum absolute atomic E-state index is 0.393. The molecule has 3 aromatic rings. The molecule has 0 radical (unpaired) electrons. The Morgan fingerprint density at radius 3 is 2.64 bits per heavy atom. The van der Waals surface area contributed by atoms with Gasteiger partial charge in [0.05, 0.1) is 6.04 Å². The lowest BCUT2D eigenvalue weighted by molar-refractivity contribution is 0.820. The van der Waals surface area contributed by atoms with E-state index in [1.54, 1.807) is 0 Å². The van der Waals surface area contributed by atoms with Crippen molar-refractivity contribution >= 4 is 17.1 Å². The molecule has 0 saturated carbocycles. The van der Waals surface area contributed by atoms with E-state index in [9.17, 15) is 0 Å². The summed E-state index contributed by atoms with van der Waals surface area (Å²) in [7, 11) is 0. The number of benzene rings is 3. The molecule has 0 fully saturated rings. The highest BCUT2D eigenvalue weighted by Gasteiger charge is 2.25. The number of hydrogen-bond donors (Lipinski definition) is 2. The van der Waals surface area contributed by atoms with Crippen LogP contribution in [0.15, 0.2) is 60.7 Å². The molecule has 3 heterocycles. The summed E-state index contributed by atoms with van der Waals surface area (Å²) in [5.41, 5.74) is 11.2. The zero-order valence-electron chi connectivity index (χ0n) is 16.0. The van der Waals surface area contributed by atoms with Gasteiger partial charge < -0.3 is 15.5 Å². The maximum atomic E-state index is 3.70. The Morgan fingerprint density at radius 2 is 1.68 bits per heavy atom. The summed E-state index contributed by atoms with van der Waals surface area (Å²) in [6.45, 7) is 3.10. The third kappa shape index (κ3) is 2.65. The Morgan fingerprint density at radius 1 is 0.786 bits per heavy atom. The minimum atomic E-state index is 0.393. The number of aryl methyl sites for hydroxylation is 1. The lowest BCUT2D eigenvalue weighted by Gasteiger charge is -2.23. The van der Waals surface area contributed by atoms with Gasteiger partial charge in [-0.3, -0.25) is 0 Å². The van der Waals surface area contributed by atoms with Crippen molar-refractivity contribution in [1.29, 1.82) is 0 Å². The molecular weight excluding hydrogens is 342 g/mol. The Kier molecular flexibility index (Phi) is 3.61. The number of nitrogens with zero attached hydrogens (tertiary/aromatic N) is 1. The molecule has 3 nitrogen and oxygen atoms in total. The molecule has 1 atom stereocenters. The number of rotatable bonds is 2. The highest BCUT2D eigenvalue weighted by molar-refractivity contribution is 5.65. The molecular formula is C25H25N3. The summed E-state index contributed by atoms with van der Waals surface area (Å²) in [5.74, 6) is 0. The maximum Gasteiger partial charge on any atom is 0.0555 e. The zero-order chi connectivity index (χ0) is 18.5. The van der Waals surface area contributed by atoms with Crippen LogP contribution >= 0.6 is 0 Å². The number of fused-ring (bicyclic) bond motifs is 3. The molecule has 3 aliphatic heterocycles. The van der Waals surface area contributed by atoms with Crippen LogP contribution in [0, 0.1) is 0 Å². The molecule has 2 N–H and O–H groups in total. The van der Waals surface area contributed by atoms with Crippen molar-refractivity contribution in [1.82, 2.24) is 0 Å². The molecule has 28 heavy (non-hydrogen) atoms. The van der Waals surface area contributed by atoms with Crippen LogP contribution in [0.3, 0.4) is 0 Å². The second-order valence-corrected chi connectivity index (χ2v) is 8.31. The van der Waals surface area contributed by atoms with Crippen molar-refractivity contribution in [2.75, 3.05) is 22.1 Å². The van der Waals surface area contributed by atoms with E-state index < -0.39 is 0 Å². The van der Waals surface area contributed by atoms with Gasteiger partial charge in [-0.15, -0.1) is 0 Å². The van der Waals surface area contributed by atoms with Crippen LogP contribution in [0.1, 0.15) is 40.3 Å². The summed E-state index contributed by atoms with van der Waals surface area (Å²) in [6, 6.07) is 23.1. The van der Waals surface area contributed by atoms with Gasteiger partial charge in [0.2, 0.25) is 0 Å². The highest BCUT2D eigenvalue weighted by Crippen LogP contribution is 2.37. The molecule has 0 saturated heterocycles. The van der Waals surface area contributed by atoms with E-state index in [0.717, 1.165) is 26.1 Å². The van der Waals surface area contributed by atoms with Crippen LogP contribution in [0.2, 0.25) is 0 Å². The Hall–Kier alpha value is -2.94. The van der Waals surface area contributed by atoms with Crippen LogP contribution in [-0.4, -0.2) is 6.54 Å². The Balaban J connectivity index is 1.24. The van der Waals surface area contributed by atoms with E-state index in [2.05, 4.69) is 76.2 Å². The van der Waals surface area contributed by atoms with Crippen LogP contribution < -0.4 is 15.5 Å². The SMILES string of the molecule is c1ccc2c(c1)CC(c1ccc3c(c1)CN(c1ccc4c(c1)NCCC4)C3)N2. The molecule has 0 aromatic heterocycles. The summed E-state index contributed by atoms with van der Waals surface area (Å²) >= 11 is 0. The van der Waals surface area contributed by atoms with Crippen LogP contribution in [0.5, 0.6) is 0 Å². The second kappa shape index (κ2) is 6.30. The second-order valence-electron chi connectivity index (χ2n) is 8.31. The first-order valence-electron chi connectivity index (χ1n) is 10.4. The van der Waals surface area contributed by atoms with E-state index >= 15 is 0 Å². The lowest BCUT2D eigenvalue weighted by Crippen LogP contribution is -2.17. The van der Waals surface area contributed by atoms with E-state index in [1.807, 2.05) is 0 Å². The number of nitrogens with one attached hydrogen (secondary N) is 2. The van der Waals surface area contributed by atoms with Crippen molar-refractivity contribution in [2.45, 2.75) is 38.4 Å². The molecule has 0 amide bonds. The standard InChI is InChI=1S/C25H25N3/c1-2-6-23-18(4-1)13-25(27-23)19-7-8-20-15-28(16-21(20)12-19)22-10-9-17-5-3-11-26-24(17)14-22/h1-2,4,6-10,12,14,25-27H,3,5,11,13,15-16H2. The van der Waals surface area contributed by atoms with Crippen molar-refractivity contribution in [2.24, 2.45) is 0 Å². The van der Waals surface area contributed by atoms with Crippen LogP contribution in [0.4, 0.5) is 17.1 Å². The summed E-state index contributed by atoms with van der Waals surface area (Å²) in [6.07, 6.45) is 3.52. The normalized spacial score (nSPS) is 19.4. The molecule has 0 aliphatic carbocycles. The fraction of sp³-hybridized carbons (Fsp3) is 0.280. The van der Waals surface area contributed by atoms with Gasteiger partial charge in [-0.05, 0) is 65.3 Å². The molecule has 140 valence electrons. The molecule has 0 spiro atoms. The average Bonchev–Trinajstić information content (AvgIpc) is 3.37. The predicted octanol–water partition coefficient (Wildman–Crippen LogP) is 5.27. The third-order valence-electron chi connectivity index (χ3n) is 6.52. The van der Waals surface area contributed by atoms with Gasteiger partial charge in [0.1, 0.15) is 0 Å². The van der Waals surface area contributed by atoms with Gasteiger partial charge in [0, 0.05) is 36.7 Å². The van der Waals surface area contributed by atoms with E-state index in [0.29, 0.717) is 6.04 Å². The Bertz CT molecular complexity index is 1030. The first-order chi connectivity index (χ1) is 13.8. The molecule has 6 rings (SSSR count). The van der Waals surface area contributed by atoms with E-state index in [-0.39, 0.29) is 0 Å². The van der Waals surface area contributed by atoms with E-state index in [4.69, 9.17) is 0 Å². The quantitative estimate of drug-likeness (QED) is 0.646. The highest BCUT2D eigenvalue weighted by atomic mass is 15.1. The van der Waals surface area contributed by atoms with Gasteiger partial charge >= 0.3 is 0 Å². The summed E-state index contributed by atoms with van der Waals surface area (Å²) in [4.78, 5) is 2.50. The summed E-state index contributed by atoms with van der Waals surface area (Å²) in [5, 5.41) is 7.26. The number of hydrogen-bond acceptors (Lipinski definition) is 3. The number of para-hydroxylation sites is 1. The molecule has 0 bridgehead atoms. The summed E-state index contributed by atoms with van der Waals surface area (Å²) < 4.78 is 0. The maximum absolute atomic E-state index is 3.70. The topological polar surface area (TPSA) is 27.3 Å². The molecule has 3 aromatic carbocycles. The fourth-order valence-electron chi connectivity index (χ4n) is 4.96. The molecule has 3 aliphatic rings. The van der Waals surface area contributed by atoms with Gasteiger partial charge in [-0.2, -0.15) is 0 Å². The predicted molar refractivity (Wildman–Crippen MR) is 116 cm³/mol. The van der Waals surface area contributed by atoms with Crippen molar-refractivity contribution < 1.29 is 0 Å². The smallest absolute Gasteiger partial charge is 0.0555 e. The van der Waals surface area contributed by atoms with Gasteiger partial charge in [-0.25, -0.2) is 0 Å². The zero-order valence-corrected chi connectivity index (χ0v) is 16.0. The van der Waals surface area contributed by atoms with Gasteiger partial charge in [0.15, 0.2) is 0 Å². The van der Waals surface area contributed by atoms with Crippen LogP contribution in [-0.2, 0) is 25.9 Å². The monoisotopic (exact) mass is 367 g/mol. The average molecular weight is 367 g/mol. The molecule has 1 unspecified atom stereocenters. The molecule has 3 heteroatoms. The third-order valence-corrected chi connectivity index (χ3v) is 6.52. The number of anilines is 3. The van der Waals surface area contributed by atoms with Gasteiger partial charge in [0.25, 0.3) is 0 Å². The van der Waals surface area contributed by atoms with Crippen molar-refractivity contribution in [3.8, 4) is 0 Å². The van der Waals surface area contributed by atoms with E-state index in [1.165, 1.54) is 57.7 Å². The van der Waals surface area contributed by atoms with Crippen LogP contribution in [0.25, 0.3) is 0 Å². The van der Waals surface area contributed by atoms with Crippen molar-refractivity contribution in [3.05, 3.63) is 88.5 Å². The largest absolute Gasteiger partial charge is 0.385 e. The van der Waals surface area contributed by atoms with Gasteiger partial charge in [-0.1, -0.05) is 42.5 Å².